The lowest BCUT2D eigenvalue weighted by Crippen LogP contribution is -2.40. The second kappa shape index (κ2) is 6.84. The molecule has 154 valence electrons. The maximum Gasteiger partial charge on any atom is 0.240 e. The van der Waals surface area contributed by atoms with E-state index in [2.05, 4.69) is 15.1 Å². The van der Waals surface area contributed by atoms with Crippen molar-refractivity contribution in [2.75, 3.05) is 12.0 Å². The first kappa shape index (κ1) is 19.1. The van der Waals surface area contributed by atoms with Gasteiger partial charge in [0.15, 0.2) is 5.54 Å². The molecule has 7 heteroatoms. The third kappa shape index (κ3) is 2.56. The highest BCUT2D eigenvalue weighted by molar-refractivity contribution is 6.08. The zero-order valence-electron chi connectivity index (χ0n) is 17.5. The van der Waals surface area contributed by atoms with Gasteiger partial charge in [-0.05, 0) is 62.4 Å². The number of methoxy groups -OCH3 is 1. The summed E-state index contributed by atoms with van der Waals surface area (Å²) >= 11 is 0. The summed E-state index contributed by atoms with van der Waals surface area (Å²) in [6, 6.07) is 18.7. The van der Waals surface area contributed by atoms with Gasteiger partial charge in [0.25, 0.3) is 0 Å². The number of rotatable bonds is 4. The third-order valence-electron chi connectivity index (χ3n) is 6.01. The van der Waals surface area contributed by atoms with Crippen LogP contribution < -0.4 is 9.64 Å². The second-order valence-corrected chi connectivity index (χ2v) is 8.00. The van der Waals surface area contributed by atoms with Crippen LogP contribution in [0.3, 0.4) is 0 Å². The van der Waals surface area contributed by atoms with Gasteiger partial charge in [-0.1, -0.05) is 12.1 Å². The van der Waals surface area contributed by atoms with Crippen LogP contribution in [0.2, 0.25) is 0 Å². The third-order valence-corrected chi connectivity index (χ3v) is 6.01. The molecule has 2 aliphatic heterocycles. The van der Waals surface area contributed by atoms with E-state index >= 15 is 0 Å². The summed E-state index contributed by atoms with van der Waals surface area (Å²) in [5.41, 5.74) is 1.31. The Hall–Kier alpha value is -3.87. The molecule has 7 nitrogen and oxygen atoms in total. The van der Waals surface area contributed by atoms with Crippen molar-refractivity contribution in [1.29, 1.82) is 0 Å². The highest BCUT2D eigenvalue weighted by atomic mass is 16.5. The number of pyridine rings is 2. The Morgan fingerprint density at radius 2 is 1.61 bits per heavy atom. The molecular formula is C24H21N5O2. The van der Waals surface area contributed by atoms with Gasteiger partial charge in [0, 0.05) is 18.1 Å². The summed E-state index contributed by atoms with van der Waals surface area (Å²) in [7, 11) is 1.61. The van der Waals surface area contributed by atoms with Crippen LogP contribution in [0.4, 0.5) is 5.69 Å². The zero-order valence-corrected chi connectivity index (χ0v) is 17.5. The van der Waals surface area contributed by atoms with Crippen molar-refractivity contribution in [1.82, 2.24) is 9.97 Å². The summed E-state index contributed by atoms with van der Waals surface area (Å²) in [5, 5.41) is 9.29. The summed E-state index contributed by atoms with van der Waals surface area (Å²) in [6.07, 6.45) is 3.42. The standard InChI is InChI=1S/C24H21N5O2/c1-23(2)22(30)29(16-10-12-17(31-3)13-11-16)21-20(18-8-4-6-14-25-18)27-28-24(21,23)19-9-5-7-15-26-19/h4-15H,1-3H3/t24-/m1/s1. The second-order valence-electron chi connectivity index (χ2n) is 8.00. The Bertz CT molecular complexity index is 1200. The number of benzene rings is 1. The van der Waals surface area contributed by atoms with Gasteiger partial charge < -0.3 is 4.74 Å². The fourth-order valence-corrected chi connectivity index (χ4v) is 4.34. The van der Waals surface area contributed by atoms with Gasteiger partial charge >= 0.3 is 0 Å². The Morgan fingerprint density at radius 1 is 0.903 bits per heavy atom. The number of nitrogens with zero attached hydrogens (tertiary/aromatic N) is 5. The number of amides is 1. The lowest BCUT2D eigenvalue weighted by atomic mass is 9.71. The average Bonchev–Trinajstić information content (AvgIpc) is 3.29. The van der Waals surface area contributed by atoms with Crippen LogP contribution in [0.1, 0.15) is 25.2 Å². The molecule has 0 radical (unpaired) electrons. The van der Waals surface area contributed by atoms with Crippen molar-refractivity contribution in [3.05, 3.63) is 90.1 Å². The van der Waals surface area contributed by atoms with E-state index in [0.717, 1.165) is 0 Å². The van der Waals surface area contributed by atoms with E-state index in [1.54, 1.807) is 24.4 Å². The largest absolute Gasteiger partial charge is 0.497 e. The minimum absolute atomic E-state index is 0.0783. The number of hydrogen-bond acceptors (Lipinski definition) is 6. The monoisotopic (exact) mass is 411 g/mol. The highest BCUT2D eigenvalue weighted by Crippen LogP contribution is 2.61. The van der Waals surface area contributed by atoms with Crippen LogP contribution in [0, 0.1) is 5.41 Å². The SMILES string of the molecule is COc1ccc(N2C(=O)C(C)(C)[C@]3(c4ccccn4)N=NC(c4ccccn4)=C23)cc1. The number of anilines is 1. The zero-order chi connectivity index (χ0) is 21.6. The molecule has 5 rings (SSSR count). The van der Waals surface area contributed by atoms with E-state index in [4.69, 9.17) is 9.85 Å². The molecule has 0 N–H and O–H groups in total. The molecule has 4 heterocycles. The molecule has 0 saturated carbocycles. The van der Waals surface area contributed by atoms with Crippen LogP contribution in [-0.2, 0) is 10.3 Å². The predicted molar refractivity (Wildman–Crippen MR) is 116 cm³/mol. The Balaban J connectivity index is 1.82. The van der Waals surface area contributed by atoms with Crippen molar-refractivity contribution < 1.29 is 9.53 Å². The molecule has 3 aromatic rings. The van der Waals surface area contributed by atoms with E-state index in [-0.39, 0.29) is 5.91 Å². The van der Waals surface area contributed by atoms with Gasteiger partial charge in [0.1, 0.15) is 11.4 Å². The number of azo groups is 1. The first-order valence-corrected chi connectivity index (χ1v) is 10.00. The topological polar surface area (TPSA) is 80.0 Å². The molecule has 2 aliphatic rings. The number of aromatic nitrogens is 2. The van der Waals surface area contributed by atoms with Crippen molar-refractivity contribution in [2.24, 2.45) is 15.6 Å². The first-order valence-electron chi connectivity index (χ1n) is 10.00. The van der Waals surface area contributed by atoms with Gasteiger partial charge in [0.2, 0.25) is 5.91 Å². The molecule has 1 amide bonds. The maximum absolute atomic E-state index is 13.9. The van der Waals surface area contributed by atoms with Gasteiger partial charge in [-0.15, -0.1) is 0 Å². The van der Waals surface area contributed by atoms with Gasteiger partial charge in [0.05, 0.1) is 29.6 Å². The van der Waals surface area contributed by atoms with Crippen LogP contribution in [-0.4, -0.2) is 23.0 Å². The summed E-state index contributed by atoms with van der Waals surface area (Å²) in [5.74, 6) is 0.635. The van der Waals surface area contributed by atoms with Crippen molar-refractivity contribution in [3.8, 4) is 5.75 Å². The minimum Gasteiger partial charge on any atom is -0.497 e. The Kier molecular flexibility index (Phi) is 4.22. The molecule has 2 aromatic heterocycles. The summed E-state index contributed by atoms with van der Waals surface area (Å²) in [6.45, 7) is 3.79. The number of hydrogen-bond donors (Lipinski definition) is 0. The molecule has 31 heavy (non-hydrogen) atoms. The normalized spacial score (nSPS) is 21.5. The molecule has 1 atom stereocenters. The lowest BCUT2D eigenvalue weighted by molar-refractivity contribution is -0.125. The van der Waals surface area contributed by atoms with Gasteiger partial charge in [-0.25, -0.2) is 0 Å². The minimum atomic E-state index is -1.06. The van der Waals surface area contributed by atoms with Crippen molar-refractivity contribution >= 4 is 17.3 Å². The average molecular weight is 411 g/mol. The van der Waals surface area contributed by atoms with Crippen LogP contribution in [0.25, 0.3) is 5.70 Å². The smallest absolute Gasteiger partial charge is 0.240 e. The Morgan fingerprint density at radius 3 is 2.23 bits per heavy atom. The van der Waals surface area contributed by atoms with E-state index in [1.165, 1.54) is 0 Å². The highest BCUT2D eigenvalue weighted by Gasteiger charge is 2.67. The molecule has 1 fully saturated rings. The van der Waals surface area contributed by atoms with E-state index < -0.39 is 11.0 Å². The fraction of sp³-hybridized carbons (Fsp3) is 0.208. The Labute approximate surface area is 180 Å². The number of carbonyl (C=O) groups excluding carboxylic acids is 1. The summed E-state index contributed by atoms with van der Waals surface area (Å²) < 4.78 is 5.29. The molecule has 0 bridgehead atoms. The summed E-state index contributed by atoms with van der Waals surface area (Å²) in [4.78, 5) is 24.7. The lowest BCUT2D eigenvalue weighted by Gasteiger charge is -2.31. The van der Waals surface area contributed by atoms with E-state index in [1.807, 2.05) is 74.5 Å². The fourth-order valence-electron chi connectivity index (χ4n) is 4.34. The quantitative estimate of drug-likeness (QED) is 0.629. The molecular weight excluding hydrogens is 390 g/mol. The maximum atomic E-state index is 13.9. The van der Waals surface area contributed by atoms with E-state index in [0.29, 0.717) is 34.2 Å². The molecule has 1 saturated heterocycles. The number of ether oxygens (including phenoxy) is 1. The predicted octanol–water partition coefficient (Wildman–Crippen LogP) is 4.59. The first-order chi connectivity index (χ1) is 15.0. The van der Waals surface area contributed by atoms with Gasteiger partial charge in [-0.2, -0.15) is 10.2 Å². The van der Waals surface area contributed by atoms with Crippen LogP contribution >= 0.6 is 0 Å². The van der Waals surface area contributed by atoms with Crippen LogP contribution in [0.15, 0.2) is 89.0 Å². The van der Waals surface area contributed by atoms with Crippen molar-refractivity contribution in [3.63, 3.8) is 0 Å². The molecule has 0 unspecified atom stereocenters. The van der Waals surface area contributed by atoms with Gasteiger partial charge in [-0.3, -0.25) is 19.7 Å². The molecule has 1 aromatic carbocycles. The number of fused-ring (bicyclic) bond motifs is 1. The van der Waals surface area contributed by atoms with Crippen LogP contribution in [0.5, 0.6) is 5.75 Å². The molecule has 0 spiro atoms. The number of carbonyl (C=O) groups is 1. The molecule has 0 aliphatic carbocycles. The van der Waals surface area contributed by atoms with Crippen molar-refractivity contribution in [2.45, 2.75) is 19.4 Å². The van der Waals surface area contributed by atoms with E-state index in [9.17, 15) is 4.79 Å².